The van der Waals surface area contributed by atoms with Crippen LogP contribution in [-0.2, 0) is 4.79 Å². The van der Waals surface area contributed by atoms with Crippen molar-refractivity contribution in [2.45, 2.75) is 0 Å². The lowest BCUT2D eigenvalue weighted by molar-refractivity contribution is -0.109. The molecular formula is C10H11BrO4. The van der Waals surface area contributed by atoms with Gasteiger partial charge in [-0.25, -0.2) is 0 Å². The average molecular weight is 275 g/mol. The van der Waals surface area contributed by atoms with E-state index in [2.05, 4.69) is 15.9 Å². The number of carbonyl (C=O) groups is 1. The van der Waals surface area contributed by atoms with Gasteiger partial charge in [-0.2, -0.15) is 0 Å². The predicted molar refractivity (Wildman–Crippen MR) is 58.8 cm³/mol. The first-order chi connectivity index (χ1) is 7.22. The summed E-state index contributed by atoms with van der Waals surface area (Å²) in [6, 6.07) is 3.48. The molecule has 1 rings (SSSR count). The summed E-state index contributed by atoms with van der Waals surface area (Å²) in [6.07, 6.45) is 0.668. The maximum atomic E-state index is 10.2. The van der Waals surface area contributed by atoms with E-state index >= 15 is 0 Å². The lowest BCUT2D eigenvalue weighted by Gasteiger charge is -2.13. The lowest BCUT2D eigenvalue weighted by Crippen LogP contribution is -2.02. The Morgan fingerprint density at radius 3 is 2.20 bits per heavy atom. The molecule has 0 saturated heterocycles. The lowest BCUT2D eigenvalue weighted by atomic mass is 10.3. The van der Waals surface area contributed by atoms with E-state index in [0.29, 0.717) is 23.5 Å². The van der Waals surface area contributed by atoms with E-state index < -0.39 is 0 Å². The summed E-state index contributed by atoms with van der Waals surface area (Å²) < 4.78 is 16.3. The van der Waals surface area contributed by atoms with E-state index in [1.54, 1.807) is 12.1 Å². The first-order valence-corrected chi connectivity index (χ1v) is 5.00. The summed E-state index contributed by atoms with van der Waals surface area (Å²) in [5.41, 5.74) is 0. The van der Waals surface area contributed by atoms with E-state index in [0.717, 1.165) is 4.47 Å². The molecule has 0 N–H and O–H groups in total. The number of carbonyl (C=O) groups excluding carboxylic acids is 1. The summed E-state index contributed by atoms with van der Waals surface area (Å²) in [7, 11) is 3.05. The fourth-order valence-corrected chi connectivity index (χ4v) is 1.52. The van der Waals surface area contributed by atoms with E-state index in [1.165, 1.54) is 14.2 Å². The number of aldehydes is 1. The van der Waals surface area contributed by atoms with Gasteiger partial charge in [0.15, 0.2) is 17.8 Å². The topological polar surface area (TPSA) is 44.8 Å². The monoisotopic (exact) mass is 274 g/mol. The Kier molecular flexibility index (Phi) is 4.42. The van der Waals surface area contributed by atoms with Gasteiger partial charge in [-0.05, 0) is 12.1 Å². The van der Waals surface area contributed by atoms with Crippen LogP contribution in [0.4, 0.5) is 0 Å². The number of ether oxygens (including phenoxy) is 3. The largest absolute Gasteiger partial charge is 0.493 e. The molecule has 0 aromatic heterocycles. The summed E-state index contributed by atoms with van der Waals surface area (Å²) >= 11 is 3.31. The van der Waals surface area contributed by atoms with Crippen LogP contribution in [0.15, 0.2) is 16.6 Å². The van der Waals surface area contributed by atoms with E-state index in [4.69, 9.17) is 14.2 Å². The van der Waals surface area contributed by atoms with Crippen molar-refractivity contribution >= 4 is 22.2 Å². The molecule has 0 aliphatic rings. The van der Waals surface area contributed by atoms with Gasteiger partial charge in [0.05, 0.1) is 14.2 Å². The van der Waals surface area contributed by atoms with Crippen LogP contribution >= 0.6 is 15.9 Å². The van der Waals surface area contributed by atoms with Gasteiger partial charge in [0.25, 0.3) is 0 Å². The van der Waals surface area contributed by atoms with Crippen molar-refractivity contribution in [2.75, 3.05) is 20.8 Å². The second kappa shape index (κ2) is 5.60. The van der Waals surface area contributed by atoms with E-state index in [-0.39, 0.29) is 6.61 Å². The van der Waals surface area contributed by atoms with Gasteiger partial charge in [-0.1, -0.05) is 15.9 Å². The third-order valence-electron chi connectivity index (χ3n) is 1.72. The van der Waals surface area contributed by atoms with Crippen LogP contribution in [-0.4, -0.2) is 27.1 Å². The minimum Gasteiger partial charge on any atom is -0.493 e. The van der Waals surface area contributed by atoms with Gasteiger partial charge in [0.1, 0.15) is 6.61 Å². The molecular weight excluding hydrogens is 264 g/mol. The molecule has 4 nitrogen and oxygen atoms in total. The molecule has 1 aromatic rings. The summed E-state index contributed by atoms with van der Waals surface area (Å²) in [6.45, 7) is -0.0334. The second-order valence-corrected chi connectivity index (χ2v) is 3.53. The van der Waals surface area contributed by atoms with Gasteiger partial charge in [-0.3, -0.25) is 4.79 Å². The van der Waals surface area contributed by atoms with Gasteiger partial charge >= 0.3 is 0 Å². The molecule has 0 spiro atoms. The normalized spacial score (nSPS) is 9.53. The zero-order chi connectivity index (χ0) is 11.3. The number of hydrogen-bond acceptors (Lipinski definition) is 4. The van der Waals surface area contributed by atoms with Crippen LogP contribution in [0.3, 0.4) is 0 Å². The fourth-order valence-electron chi connectivity index (χ4n) is 1.11. The first-order valence-electron chi connectivity index (χ1n) is 4.21. The Bertz CT molecular complexity index is 326. The number of benzene rings is 1. The molecule has 15 heavy (non-hydrogen) atoms. The third-order valence-corrected chi connectivity index (χ3v) is 2.18. The summed E-state index contributed by atoms with van der Waals surface area (Å²) in [4.78, 5) is 10.2. The molecule has 5 heteroatoms. The Hall–Kier alpha value is -1.23. The fraction of sp³-hybridized carbons (Fsp3) is 0.300. The van der Waals surface area contributed by atoms with Gasteiger partial charge in [-0.15, -0.1) is 0 Å². The van der Waals surface area contributed by atoms with Gasteiger partial charge in [0, 0.05) is 4.47 Å². The molecule has 0 atom stereocenters. The maximum Gasteiger partial charge on any atom is 0.204 e. The highest BCUT2D eigenvalue weighted by molar-refractivity contribution is 9.10. The molecule has 0 fully saturated rings. The molecule has 0 aliphatic carbocycles. The highest BCUT2D eigenvalue weighted by Gasteiger charge is 2.12. The van der Waals surface area contributed by atoms with Crippen LogP contribution in [0.5, 0.6) is 17.2 Å². The van der Waals surface area contributed by atoms with Crippen molar-refractivity contribution in [3.05, 3.63) is 16.6 Å². The van der Waals surface area contributed by atoms with Gasteiger partial charge < -0.3 is 14.2 Å². The standard InChI is InChI=1S/C10H11BrO4/c1-13-8-5-7(11)6-9(14-2)10(8)15-4-3-12/h3,5-6H,4H2,1-2H3. The molecule has 82 valence electrons. The Balaban J connectivity index is 3.11. The van der Waals surface area contributed by atoms with Crippen LogP contribution in [0, 0.1) is 0 Å². The first kappa shape index (κ1) is 11.8. The molecule has 0 bridgehead atoms. The SMILES string of the molecule is COc1cc(Br)cc(OC)c1OCC=O. The molecule has 0 radical (unpaired) electrons. The predicted octanol–water partition coefficient (Wildman–Crippen LogP) is 2.04. The minimum atomic E-state index is -0.0334. The van der Waals surface area contributed by atoms with Crippen LogP contribution in [0.1, 0.15) is 0 Å². The number of methoxy groups -OCH3 is 2. The van der Waals surface area contributed by atoms with Crippen LogP contribution in [0.25, 0.3) is 0 Å². The molecule has 0 unspecified atom stereocenters. The van der Waals surface area contributed by atoms with Crippen molar-refractivity contribution < 1.29 is 19.0 Å². The number of hydrogen-bond donors (Lipinski definition) is 0. The summed E-state index contributed by atoms with van der Waals surface area (Å²) in [5.74, 6) is 1.46. The molecule has 0 aliphatic heterocycles. The zero-order valence-electron chi connectivity index (χ0n) is 8.45. The highest BCUT2D eigenvalue weighted by Crippen LogP contribution is 2.39. The molecule has 1 aromatic carbocycles. The molecule has 0 amide bonds. The van der Waals surface area contributed by atoms with Gasteiger partial charge in [0.2, 0.25) is 5.75 Å². The second-order valence-electron chi connectivity index (χ2n) is 2.62. The Morgan fingerprint density at radius 1 is 1.27 bits per heavy atom. The van der Waals surface area contributed by atoms with Crippen molar-refractivity contribution in [2.24, 2.45) is 0 Å². The van der Waals surface area contributed by atoms with E-state index in [9.17, 15) is 4.79 Å². The Labute approximate surface area is 96.3 Å². The summed E-state index contributed by atoms with van der Waals surface area (Å²) in [5, 5.41) is 0. The number of halogens is 1. The number of rotatable bonds is 5. The van der Waals surface area contributed by atoms with Crippen molar-refractivity contribution in [3.8, 4) is 17.2 Å². The van der Waals surface area contributed by atoms with Crippen LogP contribution in [0.2, 0.25) is 0 Å². The van der Waals surface area contributed by atoms with Crippen molar-refractivity contribution in [3.63, 3.8) is 0 Å². The zero-order valence-corrected chi connectivity index (χ0v) is 10.0. The van der Waals surface area contributed by atoms with Crippen molar-refractivity contribution in [1.29, 1.82) is 0 Å². The average Bonchev–Trinajstić information content (AvgIpc) is 2.26. The smallest absolute Gasteiger partial charge is 0.204 e. The van der Waals surface area contributed by atoms with Crippen molar-refractivity contribution in [1.82, 2.24) is 0 Å². The van der Waals surface area contributed by atoms with E-state index in [1.807, 2.05) is 0 Å². The quantitative estimate of drug-likeness (QED) is 0.771. The minimum absolute atomic E-state index is 0.0334. The Morgan fingerprint density at radius 2 is 1.80 bits per heavy atom. The highest BCUT2D eigenvalue weighted by atomic mass is 79.9. The molecule has 0 saturated carbocycles. The molecule has 0 heterocycles. The third kappa shape index (κ3) is 2.86. The maximum absolute atomic E-state index is 10.2. The van der Waals surface area contributed by atoms with Crippen LogP contribution < -0.4 is 14.2 Å².